The minimum absolute atomic E-state index is 0.398. The smallest absolute Gasteiger partial charge is 0.407 e. The van der Waals surface area contributed by atoms with E-state index < -0.39 is 6.09 Å². The Morgan fingerprint density at radius 3 is 2.54 bits per heavy atom. The lowest BCUT2D eigenvalue weighted by atomic mass is 10.1. The van der Waals surface area contributed by atoms with Gasteiger partial charge in [-0.1, -0.05) is 17.7 Å². The first-order valence-electron chi connectivity index (χ1n) is 8.84. The monoisotopic (exact) mass is 349 g/mol. The highest BCUT2D eigenvalue weighted by atomic mass is 35.5. The van der Waals surface area contributed by atoms with Crippen LogP contribution in [0.15, 0.2) is 18.2 Å². The second-order valence-electron chi connectivity index (χ2n) is 7.31. The van der Waals surface area contributed by atoms with E-state index in [0.29, 0.717) is 18.6 Å². The standard InChI is InChI=1S/C18H24ClN3O2/c19-15-3-2-14(13-20-8-10-21(11-9-20)17(23)24)12-16(15)22-7-1-4-18(22)5-6-18/h2-3,12H,1,4-11,13H2,(H,23,24). The number of rotatable bonds is 3. The second kappa shape index (κ2) is 6.12. The summed E-state index contributed by atoms with van der Waals surface area (Å²) in [5.41, 5.74) is 2.85. The molecule has 3 fully saturated rings. The molecule has 1 aliphatic carbocycles. The lowest BCUT2D eigenvalue weighted by molar-refractivity contribution is 0.103. The van der Waals surface area contributed by atoms with Gasteiger partial charge >= 0.3 is 6.09 Å². The number of carbonyl (C=O) groups is 1. The molecule has 24 heavy (non-hydrogen) atoms. The highest BCUT2D eigenvalue weighted by Gasteiger charge is 2.51. The van der Waals surface area contributed by atoms with E-state index in [1.165, 1.54) is 41.8 Å². The average molecular weight is 350 g/mol. The minimum Gasteiger partial charge on any atom is -0.465 e. The molecule has 2 aliphatic heterocycles. The Morgan fingerprint density at radius 2 is 1.88 bits per heavy atom. The Bertz CT molecular complexity index is 639. The van der Waals surface area contributed by atoms with E-state index >= 15 is 0 Å². The van der Waals surface area contributed by atoms with Gasteiger partial charge in [0.2, 0.25) is 0 Å². The fraction of sp³-hybridized carbons (Fsp3) is 0.611. The number of hydrogen-bond donors (Lipinski definition) is 1. The Hall–Kier alpha value is -1.46. The number of carboxylic acid groups (broad SMARTS) is 1. The molecular formula is C18H24ClN3O2. The molecule has 1 aromatic carbocycles. The first-order valence-corrected chi connectivity index (χ1v) is 9.22. The predicted molar refractivity (Wildman–Crippen MR) is 94.9 cm³/mol. The number of benzene rings is 1. The van der Waals surface area contributed by atoms with Crippen LogP contribution in [0, 0.1) is 0 Å². The van der Waals surface area contributed by atoms with Crippen molar-refractivity contribution < 1.29 is 9.90 Å². The maximum absolute atomic E-state index is 11.0. The molecule has 5 nitrogen and oxygen atoms in total. The molecule has 0 aromatic heterocycles. The van der Waals surface area contributed by atoms with Gasteiger partial charge in [0, 0.05) is 44.8 Å². The molecule has 0 atom stereocenters. The van der Waals surface area contributed by atoms with E-state index in [1.54, 1.807) is 0 Å². The summed E-state index contributed by atoms with van der Waals surface area (Å²) in [5, 5.41) is 9.89. The van der Waals surface area contributed by atoms with Gasteiger partial charge < -0.3 is 14.9 Å². The van der Waals surface area contributed by atoms with E-state index in [0.717, 1.165) is 31.2 Å². The summed E-state index contributed by atoms with van der Waals surface area (Å²) >= 11 is 6.50. The zero-order valence-corrected chi connectivity index (χ0v) is 14.6. The number of anilines is 1. The fourth-order valence-corrected chi connectivity index (χ4v) is 4.42. The van der Waals surface area contributed by atoms with Crippen LogP contribution in [-0.4, -0.2) is 59.3 Å². The van der Waals surface area contributed by atoms with Crippen molar-refractivity contribution in [3.63, 3.8) is 0 Å². The molecule has 1 spiro atoms. The van der Waals surface area contributed by atoms with Gasteiger partial charge in [-0.05, 0) is 43.4 Å². The maximum atomic E-state index is 11.0. The van der Waals surface area contributed by atoms with Crippen LogP contribution in [0.25, 0.3) is 0 Å². The van der Waals surface area contributed by atoms with E-state index in [-0.39, 0.29) is 0 Å². The lowest BCUT2D eigenvalue weighted by Crippen LogP contribution is -2.47. The number of nitrogens with zero attached hydrogens (tertiary/aromatic N) is 3. The normalized spacial score (nSPS) is 23.0. The maximum Gasteiger partial charge on any atom is 0.407 e. The second-order valence-corrected chi connectivity index (χ2v) is 7.72. The van der Waals surface area contributed by atoms with Crippen LogP contribution in [0.3, 0.4) is 0 Å². The van der Waals surface area contributed by atoms with Crippen molar-refractivity contribution in [1.29, 1.82) is 0 Å². The summed E-state index contributed by atoms with van der Waals surface area (Å²) in [6.45, 7) is 4.73. The van der Waals surface area contributed by atoms with Gasteiger partial charge in [-0.25, -0.2) is 4.79 Å². The molecule has 3 aliphatic rings. The van der Waals surface area contributed by atoms with Crippen LogP contribution >= 0.6 is 11.6 Å². The van der Waals surface area contributed by atoms with Crippen molar-refractivity contribution in [3.8, 4) is 0 Å². The van der Waals surface area contributed by atoms with Crippen molar-refractivity contribution in [2.45, 2.75) is 37.8 Å². The molecule has 0 bridgehead atoms. The van der Waals surface area contributed by atoms with Gasteiger partial charge in [-0.2, -0.15) is 0 Å². The van der Waals surface area contributed by atoms with Gasteiger partial charge in [0.05, 0.1) is 10.7 Å². The molecule has 0 unspecified atom stereocenters. The highest BCUT2D eigenvalue weighted by Crippen LogP contribution is 2.52. The van der Waals surface area contributed by atoms with E-state index in [1.807, 2.05) is 6.07 Å². The molecule has 6 heteroatoms. The summed E-state index contributed by atoms with van der Waals surface area (Å²) in [6, 6.07) is 6.37. The molecule has 4 rings (SSSR count). The Balaban J connectivity index is 1.45. The van der Waals surface area contributed by atoms with Crippen molar-refractivity contribution >= 4 is 23.4 Å². The van der Waals surface area contributed by atoms with E-state index in [2.05, 4.69) is 21.9 Å². The third-order valence-corrected chi connectivity index (χ3v) is 6.09. The molecule has 1 N–H and O–H groups in total. The largest absolute Gasteiger partial charge is 0.465 e. The molecule has 0 radical (unpaired) electrons. The third kappa shape index (κ3) is 2.95. The Kier molecular flexibility index (Phi) is 4.09. The quantitative estimate of drug-likeness (QED) is 0.909. The van der Waals surface area contributed by atoms with Gasteiger partial charge in [0.1, 0.15) is 0 Å². The third-order valence-electron chi connectivity index (χ3n) is 5.77. The van der Waals surface area contributed by atoms with Gasteiger partial charge in [0.15, 0.2) is 0 Å². The van der Waals surface area contributed by atoms with Crippen molar-refractivity contribution in [3.05, 3.63) is 28.8 Å². The van der Waals surface area contributed by atoms with Crippen molar-refractivity contribution in [2.24, 2.45) is 0 Å². The summed E-state index contributed by atoms with van der Waals surface area (Å²) < 4.78 is 0. The van der Waals surface area contributed by atoms with Gasteiger partial charge in [0.25, 0.3) is 0 Å². The van der Waals surface area contributed by atoms with Crippen molar-refractivity contribution in [2.75, 3.05) is 37.6 Å². The predicted octanol–water partition coefficient (Wildman–Crippen LogP) is 3.27. The molecule has 1 aromatic rings. The zero-order chi connectivity index (χ0) is 16.7. The van der Waals surface area contributed by atoms with Gasteiger partial charge in [-0.3, -0.25) is 4.90 Å². The van der Waals surface area contributed by atoms with Crippen LogP contribution in [0.4, 0.5) is 10.5 Å². The summed E-state index contributed by atoms with van der Waals surface area (Å²) in [7, 11) is 0. The first-order chi connectivity index (χ1) is 11.6. The number of piperazine rings is 1. The summed E-state index contributed by atoms with van der Waals surface area (Å²) in [6.07, 6.45) is 4.34. The molecule has 130 valence electrons. The first kappa shape index (κ1) is 16.0. The number of amides is 1. The molecule has 1 amide bonds. The van der Waals surface area contributed by atoms with Crippen LogP contribution in [0.5, 0.6) is 0 Å². The van der Waals surface area contributed by atoms with Crippen LogP contribution in [0.2, 0.25) is 5.02 Å². The molecular weight excluding hydrogens is 326 g/mol. The number of hydrogen-bond acceptors (Lipinski definition) is 3. The fourth-order valence-electron chi connectivity index (χ4n) is 4.20. The SMILES string of the molecule is O=C(O)N1CCN(Cc2ccc(Cl)c(N3CCCC34CC4)c2)CC1. The minimum atomic E-state index is -0.813. The van der Waals surface area contributed by atoms with E-state index in [9.17, 15) is 4.79 Å². The van der Waals surface area contributed by atoms with E-state index in [4.69, 9.17) is 16.7 Å². The Labute approximate surface area is 147 Å². The van der Waals surface area contributed by atoms with Crippen LogP contribution < -0.4 is 4.90 Å². The molecule has 2 heterocycles. The number of halogens is 1. The topological polar surface area (TPSA) is 47.0 Å². The van der Waals surface area contributed by atoms with Crippen molar-refractivity contribution in [1.82, 2.24) is 9.80 Å². The lowest BCUT2D eigenvalue weighted by Gasteiger charge is -2.33. The highest BCUT2D eigenvalue weighted by molar-refractivity contribution is 6.33. The average Bonchev–Trinajstić information content (AvgIpc) is 3.22. The zero-order valence-electron chi connectivity index (χ0n) is 13.9. The Morgan fingerprint density at radius 1 is 1.12 bits per heavy atom. The van der Waals surface area contributed by atoms with Crippen LogP contribution in [-0.2, 0) is 6.54 Å². The summed E-state index contributed by atoms with van der Waals surface area (Å²) in [5.74, 6) is 0. The van der Waals surface area contributed by atoms with Crippen LogP contribution in [0.1, 0.15) is 31.2 Å². The van der Waals surface area contributed by atoms with Gasteiger partial charge in [-0.15, -0.1) is 0 Å². The summed E-state index contributed by atoms with van der Waals surface area (Å²) in [4.78, 5) is 17.3. The molecule has 2 saturated heterocycles. The molecule has 1 saturated carbocycles.